The average molecular weight is 379 g/mol. The van der Waals surface area contributed by atoms with Gasteiger partial charge in [0.25, 0.3) is 5.69 Å². The third-order valence-corrected chi connectivity index (χ3v) is 6.04. The largest absolute Gasteiger partial charge is 0.366 e. The highest BCUT2D eigenvalue weighted by atomic mass is 16.6. The summed E-state index contributed by atoms with van der Waals surface area (Å²) >= 11 is 0. The Morgan fingerprint density at radius 1 is 1.11 bits per heavy atom. The standard InChI is InChI=1S/C22H25N3O3/c1-15-13-18-5-3-4-6-20(18)24(15)19-9-11-23(12-10-19)21-8-7-17(16(2)26)14-22(21)25(27)28/h3-8,14-15,19H,9-13H2,1-2H3/t15-/m0/s1. The number of nitro groups is 1. The Hall–Kier alpha value is -2.89. The molecule has 1 saturated heterocycles. The molecule has 1 fully saturated rings. The number of Topliss-reactive ketones (excluding diaryl/α,β-unsaturated/α-hetero) is 1. The number of hydrogen-bond acceptors (Lipinski definition) is 5. The zero-order chi connectivity index (χ0) is 19.8. The van der Waals surface area contributed by atoms with Crippen LogP contribution in [-0.2, 0) is 6.42 Å². The second-order valence-electron chi connectivity index (χ2n) is 7.82. The topological polar surface area (TPSA) is 66.7 Å². The van der Waals surface area contributed by atoms with E-state index >= 15 is 0 Å². The lowest BCUT2D eigenvalue weighted by molar-refractivity contribution is -0.384. The van der Waals surface area contributed by atoms with Gasteiger partial charge in [-0.2, -0.15) is 0 Å². The van der Waals surface area contributed by atoms with Gasteiger partial charge in [0, 0.05) is 42.5 Å². The first-order valence-corrected chi connectivity index (χ1v) is 9.86. The molecule has 0 aromatic heterocycles. The minimum atomic E-state index is -0.382. The van der Waals surface area contributed by atoms with Crippen LogP contribution in [0.5, 0.6) is 0 Å². The molecule has 0 aliphatic carbocycles. The maximum Gasteiger partial charge on any atom is 0.293 e. The Balaban J connectivity index is 1.52. The van der Waals surface area contributed by atoms with E-state index in [0.717, 1.165) is 32.4 Å². The van der Waals surface area contributed by atoms with Gasteiger partial charge in [-0.1, -0.05) is 18.2 Å². The quantitative estimate of drug-likeness (QED) is 0.452. The van der Waals surface area contributed by atoms with Gasteiger partial charge in [-0.15, -0.1) is 0 Å². The zero-order valence-corrected chi connectivity index (χ0v) is 16.3. The van der Waals surface area contributed by atoms with Gasteiger partial charge in [-0.3, -0.25) is 14.9 Å². The summed E-state index contributed by atoms with van der Waals surface area (Å²) < 4.78 is 0. The monoisotopic (exact) mass is 379 g/mol. The van der Waals surface area contributed by atoms with Crippen molar-refractivity contribution in [3.8, 4) is 0 Å². The van der Waals surface area contributed by atoms with Gasteiger partial charge in [-0.25, -0.2) is 0 Å². The molecule has 2 aromatic rings. The van der Waals surface area contributed by atoms with Crippen molar-refractivity contribution in [3.63, 3.8) is 0 Å². The van der Waals surface area contributed by atoms with Crippen LogP contribution >= 0.6 is 0 Å². The van der Waals surface area contributed by atoms with Crippen molar-refractivity contribution in [2.75, 3.05) is 22.9 Å². The summed E-state index contributed by atoms with van der Waals surface area (Å²) in [6.45, 7) is 5.25. The summed E-state index contributed by atoms with van der Waals surface area (Å²) in [5.41, 5.74) is 3.76. The van der Waals surface area contributed by atoms with E-state index in [-0.39, 0.29) is 16.4 Å². The van der Waals surface area contributed by atoms with Crippen LogP contribution in [0.4, 0.5) is 17.1 Å². The molecule has 0 unspecified atom stereocenters. The minimum Gasteiger partial charge on any atom is -0.366 e. The van der Waals surface area contributed by atoms with Crippen LogP contribution in [0.1, 0.15) is 42.6 Å². The predicted molar refractivity (Wildman–Crippen MR) is 110 cm³/mol. The molecular weight excluding hydrogens is 354 g/mol. The van der Waals surface area contributed by atoms with Crippen LogP contribution in [0.3, 0.4) is 0 Å². The van der Waals surface area contributed by atoms with Crippen LogP contribution in [-0.4, -0.2) is 35.9 Å². The van der Waals surface area contributed by atoms with Crippen molar-refractivity contribution >= 4 is 22.8 Å². The van der Waals surface area contributed by atoms with E-state index in [1.807, 2.05) is 0 Å². The first-order chi connectivity index (χ1) is 13.5. The van der Waals surface area contributed by atoms with Crippen molar-refractivity contribution in [2.24, 2.45) is 0 Å². The molecule has 6 heteroatoms. The van der Waals surface area contributed by atoms with Gasteiger partial charge < -0.3 is 9.80 Å². The van der Waals surface area contributed by atoms with Crippen LogP contribution < -0.4 is 9.80 Å². The molecule has 0 spiro atoms. The van der Waals surface area contributed by atoms with E-state index in [2.05, 4.69) is 41.0 Å². The van der Waals surface area contributed by atoms with E-state index in [9.17, 15) is 14.9 Å². The molecule has 28 heavy (non-hydrogen) atoms. The summed E-state index contributed by atoms with van der Waals surface area (Å²) in [6, 6.07) is 14.4. The first kappa shape index (κ1) is 18.5. The second kappa shape index (κ2) is 7.26. The highest BCUT2D eigenvalue weighted by molar-refractivity contribution is 5.95. The highest BCUT2D eigenvalue weighted by Crippen LogP contribution is 2.38. The fourth-order valence-electron chi connectivity index (χ4n) is 4.69. The first-order valence-electron chi connectivity index (χ1n) is 9.86. The van der Waals surface area contributed by atoms with Gasteiger partial charge in [0.05, 0.1) is 4.92 Å². The number of carbonyl (C=O) groups is 1. The number of nitro benzene ring substituents is 1. The second-order valence-corrected chi connectivity index (χ2v) is 7.82. The number of anilines is 2. The van der Waals surface area contributed by atoms with E-state index < -0.39 is 0 Å². The molecule has 0 bridgehead atoms. The van der Waals surface area contributed by atoms with Crippen LogP contribution in [0, 0.1) is 10.1 Å². The number of rotatable bonds is 4. The van der Waals surface area contributed by atoms with Crippen LogP contribution in [0.15, 0.2) is 42.5 Å². The van der Waals surface area contributed by atoms with Crippen LogP contribution in [0.25, 0.3) is 0 Å². The van der Waals surface area contributed by atoms with Crippen molar-refractivity contribution in [3.05, 3.63) is 63.7 Å². The molecule has 0 N–H and O–H groups in total. The lowest BCUT2D eigenvalue weighted by atomic mass is 10.0. The molecule has 2 heterocycles. The van der Waals surface area contributed by atoms with Gasteiger partial charge in [0.2, 0.25) is 0 Å². The fourth-order valence-corrected chi connectivity index (χ4v) is 4.69. The average Bonchev–Trinajstić information content (AvgIpc) is 3.03. The predicted octanol–water partition coefficient (Wildman–Crippen LogP) is 4.22. The summed E-state index contributed by atoms with van der Waals surface area (Å²) in [5.74, 6) is -0.157. The third kappa shape index (κ3) is 3.23. The van der Waals surface area contributed by atoms with E-state index in [0.29, 0.717) is 23.3 Å². The van der Waals surface area contributed by atoms with Crippen molar-refractivity contribution in [2.45, 2.75) is 45.2 Å². The molecule has 0 saturated carbocycles. The summed E-state index contributed by atoms with van der Waals surface area (Å²) in [5, 5.41) is 11.6. The number of para-hydroxylation sites is 1. The number of carbonyl (C=O) groups excluding carboxylic acids is 1. The van der Waals surface area contributed by atoms with Gasteiger partial charge >= 0.3 is 0 Å². The molecule has 6 nitrogen and oxygen atoms in total. The maximum atomic E-state index is 11.6. The molecule has 4 rings (SSSR count). The molecule has 1 atom stereocenters. The number of piperidine rings is 1. The van der Waals surface area contributed by atoms with Gasteiger partial charge in [0.15, 0.2) is 5.78 Å². The maximum absolute atomic E-state index is 11.6. The summed E-state index contributed by atoms with van der Waals surface area (Å²) in [6.07, 6.45) is 3.00. The smallest absolute Gasteiger partial charge is 0.293 e. The SMILES string of the molecule is CC(=O)c1ccc(N2CCC(N3c4ccccc4C[C@@H]3C)CC2)c([N+](=O)[O-])c1. The number of ketones is 1. The lowest BCUT2D eigenvalue weighted by Gasteiger charge is -2.41. The highest BCUT2D eigenvalue weighted by Gasteiger charge is 2.34. The Labute approximate surface area is 164 Å². The minimum absolute atomic E-state index is 0.0195. The molecular formula is C22H25N3O3. The number of fused-ring (bicyclic) bond motifs is 1. The molecule has 2 aliphatic heterocycles. The van der Waals surface area contributed by atoms with Crippen molar-refractivity contribution < 1.29 is 9.72 Å². The van der Waals surface area contributed by atoms with Crippen molar-refractivity contribution in [1.82, 2.24) is 0 Å². The third-order valence-electron chi connectivity index (χ3n) is 6.04. The molecule has 0 radical (unpaired) electrons. The molecule has 2 aromatic carbocycles. The fraction of sp³-hybridized carbons (Fsp3) is 0.409. The zero-order valence-electron chi connectivity index (χ0n) is 16.3. The Bertz CT molecular complexity index is 919. The molecule has 2 aliphatic rings. The molecule has 146 valence electrons. The van der Waals surface area contributed by atoms with Crippen molar-refractivity contribution in [1.29, 1.82) is 0 Å². The summed E-state index contributed by atoms with van der Waals surface area (Å²) in [4.78, 5) is 27.4. The number of nitrogens with zero attached hydrogens (tertiary/aromatic N) is 3. The van der Waals surface area contributed by atoms with E-state index in [1.165, 1.54) is 24.2 Å². The Morgan fingerprint density at radius 3 is 2.50 bits per heavy atom. The van der Waals surface area contributed by atoms with E-state index in [1.54, 1.807) is 12.1 Å². The Morgan fingerprint density at radius 2 is 1.82 bits per heavy atom. The Kier molecular flexibility index (Phi) is 4.79. The van der Waals surface area contributed by atoms with Gasteiger partial charge in [0.1, 0.15) is 5.69 Å². The summed E-state index contributed by atoms with van der Waals surface area (Å²) in [7, 11) is 0. The lowest BCUT2D eigenvalue weighted by Crippen LogP contribution is -2.47. The normalized spacial score (nSPS) is 19.6. The number of hydrogen-bond donors (Lipinski definition) is 0. The number of benzene rings is 2. The van der Waals surface area contributed by atoms with E-state index in [4.69, 9.17) is 0 Å². The van der Waals surface area contributed by atoms with Gasteiger partial charge in [-0.05, 0) is 56.9 Å². The van der Waals surface area contributed by atoms with Crippen LogP contribution in [0.2, 0.25) is 0 Å². The molecule has 0 amide bonds.